The Morgan fingerprint density at radius 2 is 1.90 bits per heavy atom. The number of nitrogens with zero attached hydrogens (tertiary/aromatic N) is 1. The molecule has 0 amide bonds. The summed E-state index contributed by atoms with van der Waals surface area (Å²) in [7, 11) is 0. The van der Waals surface area contributed by atoms with E-state index in [1.807, 2.05) is 6.07 Å². The minimum Gasteiger partial charge on any atom is -0.372 e. The number of ether oxygens (including phenoxy) is 1. The first-order valence-corrected chi connectivity index (χ1v) is 8.30. The summed E-state index contributed by atoms with van der Waals surface area (Å²) >= 11 is 6.50. The molecule has 1 aliphatic carbocycles. The van der Waals surface area contributed by atoms with Crippen molar-refractivity contribution in [3.05, 3.63) is 35.9 Å². The van der Waals surface area contributed by atoms with Crippen molar-refractivity contribution in [3.63, 3.8) is 0 Å². The van der Waals surface area contributed by atoms with E-state index in [0.717, 1.165) is 26.1 Å². The molecular weight excluding hydrogens is 270 g/mol. The van der Waals surface area contributed by atoms with Crippen LogP contribution in [0.3, 0.4) is 0 Å². The average Bonchev–Trinajstić information content (AvgIpc) is 2.95. The van der Waals surface area contributed by atoms with E-state index in [-0.39, 0.29) is 0 Å². The molecular formula is C17H24ClNO. The van der Waals surface area contributed by atoms with E-state index in [1.54, 1.807) is 0 Å². The van der Waals surface area contributed by atoms with Crippen LogP contribution < -0.4 is 0 Å². The third-order valence-electron chi connectivity index (χ3n) is 4.62. The zero-order chi connectivity index (χ0) is 13.8. The molecule has 2 nitrogen and oxygen atoms in total. The van der Waals surface area contributed by atoms with Crippen molar-refractivity contribution < 1.29 is 4.74 Å². The third-order valence-corrected chi connectivity index (χ3v) is 5.13. The SMILES string of the molecule is Cl[C@H]1CCCC[C@@H]1N1CC[C@@H](OCc2ccccc2)C1. The summed E-state index contributed by atoms with van der Waals surface area (Å²) in [5.74, 6) is 0. The zero-order valence-electron chi connectivity index (χ0n) is 12.0. The van der Waals surface area contributed by atoms with Crippen molar-refractivity contribution in [1.29, 1.82) is 0 Å². The van der Waals surface area contributed by atoms with Crippen LogP contribution in [0.4, 0.5) is 0 Å². The van der Waals surface area contributed by atoms with Gasteiger partial charge < -0.3 is 4.74 Å². The highest BCUT2D eigenvalue weighted by Crippen LogP contribution is 2.30. The molecule has 3 heteroatoms. The summed E-state index contributed by atoms with van der Waals surface area (Å²) in [6, 6.07) is 11.0. The van der Waals surface area contributed by atoms with Crippen LogP contribution in [0.5, 0.6) is 0 Å². The van der Waals surface area contributed by atoms with Crippen molar-refractivity contribution in [1.82, 2.24) is 4.90 Å². The Hall–Kier alpha value is -0.570. The maximum atomic E-state index is 6.50. The maximum Gasteiger partial charge on any atom is 0.0721 e. The van der Waals surface area contributed by atoms with Crippen LogP contribution in [0, 0.1) is 0 Å². The zero-order valence-corrected chi connectivity index (χ0v) is 12.8. The van der Waals surface area contributed by atoms with E-state index in [2.05, 4.69) is 29.2 Å². The molecule has 1 saturated heterocycles. The number of rotatable bonds is 4. The molecule has 2 aliphatic rings. The number of benzene rings is 1. The summed E-state index contributed by atoms with van der Waals surface area (Å²) in [6.45, 7) is 2.93. The van der Waals surface area contributed by atoms with Gasteiger partial charge in [-0.25, -0.2) is 0 Å². The van der Waals surface area contributed by atoms with Crippen molar-refractivity contribution in [2.45, 2.75) is 56.2 Å². The highest BCUT2D eigenvalue weighted by molar-refractivity contribution is 6.21. The predicted molar refractivity (Wildman–Crippen MR) is 83.1 cm³/mol. The molecule has 0 bridgehead atoms. The molecule has 2 fully saturated rings. The topological polar surface area (TPSA) is 12.5 Å². The van der Waals surface area contributed by atoms with E-state index in [1.165, 1.54) is 31.2 Å². The molecule has 1 aromatic carbocycles. The van der Waals surface area contributed by atoms with Crippen molar-refractivity contribution in [2.24, 2.45) is 0 Å². The Kier molecular flexibility index (Phi) is 4.98. The van der Waals surface area contributed by atoms with Crippen LogP contribution in [-0.4, -0.2) is 35.5 Å². The molecule has 20 heavy (non-hydrogen) atoms. The van der Waals surface area contributed by atoms with Crippen LogP contribution in [0.2, 0.25) is 0 Å². The van der Waals surface area contributed by atoms with Gasteiger partial charge in [0.15, 0.2) is 0 Å². The number of likely N-dealkylation sites (tertiary alicyclic amines) is 1. The molecule has 0 unspecified atom stereocenters. The highest BCUT2D eigenvalue weighted by atomic mass is 35.5. The molecule has 0 spiro atoms. The molecule has 1 aliphatic heterocycles. The summed E-state index contributed by atoms with van der Waals surface area (Å²) in [5, 5.41) is 0.344. The molecule has 110 valence electrons. The van der Waals surface area contributed by atoms with Gasteiger partial charge in [-0.15, -0.1) is 11.6 Å². The average molecular weight is 294 g/mol. The fourth-order valence-corrected chi connectivity index (χ4v) is 3.90. The first-order valence-electron chi connectivity index (χ1n) is 7.86. The van der Waals surface area contributed by atoms with Crippen LogP contribution in [0.25, 0.3) is 0 Å². The standard InChI is InChI=1S/C17H24ClNO/c18-16-8-4-5-9-17(16)19-11-10-15(12-19)20-13-14-6-2-1-3-7-14/h1-3,6-7,15-17H,4-5,8-13H2/t15-,16+,17+/m1/s1. The lowest BCUT2D eigenvalue weighted by atomic mass is 9.94. The molecule has 3 rings (SSSR count). The van der Waals surface area contributed by atoms with Crippen LogP contribution in [0.15, 0.2) is 30.3 Å². The Labute approximate surface area is 127 Å². The van der Waals surface area contributed by atoms with Gasteiger partial charge in [0.05, 0.1) is 12.7 Å². The van der Waals surface area contributed by atoms with Gasteiger partial charge in [-0.2, -0.15) is 0 Å². The Morgan fingerprint density at radius 1 is 1.10 bits per heavy atom. The second-order valence-corrected chi connectivity index (χ2v) is 6.63. The Morgan fingerprint density at radius 3 is 2.70 bits per heavy atom. The van der Waals surface area contributed by atoms with E-state index < -0.39 is 0 Å². The molecule has 0 N–H and O–H groups in total. The van der Waals surface area contributed by atoms with Gasteiger partial charge in [-0.3, -0.25) is 4.90 Å². The molecule has 1 saturated carbocycles. The first-order chi connectivity index (χ1) is 9.83. The largest absolute Gasteiger partial charge is 0.372 e. The van der Waals surface area contributed by atoms with Crippen LogP contribution in [-0.2, 0) is 11.3 Å². The van der Waals surface area contributed by atoms with Gasteiger partial charge >= 0.3 is 0 Å². The quantitative estimate of drug-likeness (QED) is 0.782. The monoisotopic (exact) mass is 293 g/mol. The van der Waals surface area contributed by atoms with Crippen LogP contribution >= 0.6 is 11.6 Å². The van der Waals surface area contributed by atoms with Crippen molar-refractivity contribution >= 4 is 11.6 Å². The maximum absolute atomic E-state index is 6.50. The van der Waals surface area contributed by atoms with Crippen LogP contribution in [0.1, 0.15) is 37.7 Å². The van der Waals surface area contributed by atoms with E-state index in [0.29, 0.717) is 17.5 Å². The van der Waals surface area contributed by atoms with E-state index in [4.69, 9.17) is 16.3 Å². The summed E-state index contributed by atoms with van der Waals surface area (Å²) < 4.78 is 6.06. The van der Waals surface area contributed by atoms with Crippen molar-refractivity contribution in [3.8, 4) is 0 Å². The summed E-state index contributed by atoms with van der Waals surface area (Å²) in [6.07, 6.45) is 6.60. The lowest BCUT2D eigenvalue weighted by molar-refractivity contribution is 0.0414. The van der Waals surface area contributed by atoms with Crippen molar-refractivity contribution in [2.75, 3.05) is 13.1 Å². The predicted octanol–water partition coefficient (Wildman–Crippen LogP) is 3.83. The van der Waals surface area contributed by atoms with Gasteiger partial charge in [0, 0.05) is 24.5 Å². The fraction of sp³-hybridized carbons (Fsp3) is 0.647. The lowest BCUT2D eigenvalue weighted by Crippen LogP contribution is -2.42. The Bertz CT molecular complexity index is 411. The van der Waals surface area contributed by atoms with Gasteiger partial charge in [0.25, 0.3) is 0 Å². The summed E-state index contributed by atoms with van der Waals surface area (Å²) in [4.78, 5) is 2.56. The first kappa shape index (κ1) is 14.4. The minimum absolute atomic E-state index is 0.344. The second kappa shape index (κ2) is 6.93. The normalized spacial score (nSPS) is 31.6. The molecule has 1 heterocycles. The number of halogens is 1. The number of alkyl halides is 1. The molecule has 0 radical (unpaired) electrons. The smallest absolute Gasteiger partial charge is 0.0721 e. The number of hydrogen-bond donors (Lipinski definition) is 0. The fourth-order valence-electron chi connectivity index (χ4n) is 3.46. The minimum atomic E-state index is 0.344. The third kappa shape index (κ3) is 3.55. The van der Waals surface area contributed by atoms with Gasteiger partial charge in [0.2, 0.25) is 0 Å². The molecule has 0 aromatic heterocycles. The highest BCUT2D eigenvalue weighted by Gasteiger charge is 2.33. The number of hydrogen-bond acceptors (Lipinski definition) is 2. The Balaban J connectivity index is 1.47. The van der Waals surface area contributed by atoms with Gasteiger partial charge in [0.1, 0.15) is 0 Å². The van der Waals surface area contributed by atoms with Gasteiger partial charge in [-0.05, 0) is 24.8 Å². The molecule has 3 atom stereocenters. The van der Waals surface area contributed by atoms with Gasteiger partial charge in [-0.1, -0.05) is 43.2 Å². The second-order valence-electron chi connectivity index (χ2n) is 6.07. The van der Waals surface area contributed by atoms with E-state index in [9.17, 15) is 0 Å². The summed E-state index contributed by atoms with van der Waals surface area (Å²) in [5.41, 5.74) is 1.26. The van der Waals surface area contributed by atoms with E-state index >= 15 is 0 Å². The molecule has 1 aromatic rings. The lowest BCUT2D eigenvalue weighted by Gasteiger charge is -2.34.